The zero-order valence-electron chi connectivity index (χ0n) is 17.4. The maximum absolute atomic E-state index is 12.8. The summed E-state index contributed by atoms with van der Waals surface area (Å²) < 4.78 is 5.52. The number of likely N-dealkylation sites (tertiary alicyclic amines) is 1. The number of amides is 1. The minimum Gasteiger partial charge on any atom is -0.494 e. The van der Waals surface area contributed by atoms with Gasteiger partial charge in [0.15, 0.2) is 0 Å². The van der Waals surface area contributed by atoms with Gasteiger partial charge in [-0.25, -0.2) is 0 Å². The standard InChI is InChI=1S/C24H36N2O2/c1-2-28-23-9-5-18(6-10-23)3-4-19-11-13-26(14-12-19)24(27)17-20-15-21-7-8-22(16-20)25-21/h5-6,9-10,19-22,25H,2-4,7-8,11-17H2,1H3. The van der Waals surface area contributed by atoms with Gasteiger partial charge in [-0.1, -0.05) is 12.1 Å². The molecular weight excluding hydrogens is 348 g/mol. The summed E-state index contributed by atoms with van der Waals surface area (Å²) >= 11 is 0. The van der Waals surface area contributed by atoms with Gasteiger partial charge in [0.05, 0.1) is 6.61 Å². The third-order valence-corrected chi connectivity index (χ3v) is 7.08. The lowest BCUT2D eigenvalue weighted by Crippen LogP contribution is -2.42. The smallest absolute Gasteiger partial charge is 0.222 e. The number of carbonyl (C=O) groups is 1. The van der Waals surface area contributed by atoms with Crippen LogP contribution >= 0.6 is 0 Å². The molecule has 2 unspecified atom stereocenters. The summed E-state index contributed by atoms with van der Waals surface area (Å²) in [5.74, 6) is 2.74. The largest absolute Gasteiger partial charge is 0.494 e. The molecule has 0 aliphatic carbocycles. The predicted octanol–water partition coefficient (Wildman–Crippen LogP) is 4.18. The van der Waals surface area contributed by atoms with Crippen molar-refractivity contribution in [2.75, 3.05) is 19.7 Å². The quantitative estimate of drug-likeness (QED) is 0.767. The van der Waals surface area contributed by atoms with Crippen LogP contribution in [0.15, 0.2) is 24.3 Å². The van der Waals surface area contributed by atoms with Gasteiger partial charge in [0.25, 0.3) is 0 Å². The first kappa shape index (κ1) is 19.8. The highest BCUT2D eigenvalue weighted by Crippen LogP contribution is 2.33. The van der Waals surface area contributed by atoms with Crippen LogP contribution in [0, 0.1) is 11.8 Å². The van der Waals surface area contributed by atoms with E-state index in [1.807, 2.05) is 6.92 Å². The van der Waals surface area contributed by atoms with Crippen molar-refractivity contribution in [1.29, 1.82) is 0 Å². The van der Waals surface area contributed by atoms with E-state index in [4.69, 9.17) is 4.74 Å². The number of benzene rings is 1. The van der Waals surface area contributed by atoms with E-state index < -0.39 is 0 Å². The van der Waals surface area contributed by atoms with Crippen LogP contribution in [0.1, 0.15) is 63.9 Å². The number of aryl methyl sites for hydroxylation is 1. The Morgan fingerprint density at radius 1 is 1.04 bits per heavy atom. The fraction of sp³-hybridized carbons (Fsp3) is 0.708. The molecule has 1 N–H and O–H groups in total. The van der Waals surface area contributed by atoms with Gasteiger partial charge in [-0.3, -0.25) is 4.79 Å². The molecule has 3 heterocycles. The molecule has 4 rings (SSSR count). The van der Waals surface area contributed by atoms with Gasteiger partial charge in [-0.15, -0.1) is 0 Å². The molecule has 2 bridgehead atoms. The Morgan fingerprint density at radius 3 is 2.36 bits per heavy atom. The summed E-state index contributed by atoms with van der Waals surface area (Å²) in [6.07, 6.45) is 10.5. The van der Waals surface area contributed by atoms with E-state index in [-0.39, 0.29) is 0 Å². The lowest BCUT2D eigenvalue weighted by Gasteiger charge is -2.34. The maximum Gasteiger partial charge on any atom is 0.222 e. The van der Waals surface area contributed by atoms with Crippen molar-refractivity contribution in [3.63, 3.8) is 0 Å². The molecule has 0 saturated carbocycles. The average Bonchev–Trinajstić information content (AvgIpc) is 3.06. The van der Waals surface area contributed by atoms with E-state index in [0.29, 0.717) is 23.9 Å². The molecule has 3 aliphatic rings. The number of piperidine rings is 2. The number of hydrogen-bond donors (Lipinski definition) is 1. The van der Waals surface area contributed by atoms with Crippen molar-refractivity contribution in [2.45, 2.75) is 76.8 Å². The van der Waals surface area contributed by atoms with Crippen LogP contribution in [0.4, 0.5) is 0 Å². The first-order chi connectivity index (χ1) is 13.7. The molecule has 1 aromatic rings. The molecule has 3 fully saturated rings. The van der Waals surface area contributed by atoms with E-state index >= 15 is 0 Å². The SMILES string of the molecule is CCOc1ccc(CCC2CCN(C(=O)CC3CC4CCC(C3)N4)CC2)cc1. The van der Waals surface area contributed by atoms with Crippen LogP contribution in [0.25, 0.3) is 0 Å². The van der Waals surface area contributed by atoms with Crippen LogP contribution in [0.3, 0.4) is 0 Å². The Bertz CT molecular complexity index is 625. The first-order valence-corrected chi connectivity index (χ1v) is 11.4. The molecule has 4 heteroatoms. The maximum atomic E-state index is 12.8. The average molecular weight is 385 g/mol. The summed E-state index contributed by atoms with van der Waals surface area (Å²) in [5, 5.41) is 3.68. The minimum absolute atomic E-state index is 0.413. The van der Waals surface area contributed by atoms with Gasteiger partial charge in [0.2, 0.25) is 5.91 Å². The second-order valence-electron chi connectivity index (χ2n) is 9.12. The topological polar surface area (TPSA) is 41.6 Å². The predicted molar refractivity (Wildman–Crippen MR) is 113 cm³/mol. The first-order valence-electron chi connectivity index (χ1n) is 11.4. The van der Waals surface area contributed by atoms with Gasteiger partial charge in [-0.2, -0.15) is 0 Å². The lowest BCUT2D eigenvalue weighted by molar-refractivity contribution is -0.133. The third-order valence-electron chi connectivity index (χ3n) is 7.08. The van der Waals surface area contributed by atoms with Crippen LogP contribution < -0.4 is 10.1 Å². The molecule has 3 aliphatic heterocycles. The van der Waals surface area contributed by atoms with Gasteiger partial charge >= 0.3 is 0 Å². The van der Waals surface area contributed by atoms with Crippen LogP contribution in [0.2, 0.25) is 0 Å². The van der Waals surface area contributed by atoms with Gasteiger partial charge in [-0.05, 0) is 87.8 Å². The number of hydrogen-bond acceptors (Lipinski definition) is 3. The molecule has 4 nitrogen and oxygen atoms in total. The molecular formula is C24H36N2O2. The number of rotatable bonds is 7. The molecule has 0 radical (unpaired) electrons. The van der Waals surface area contributed by atoms with Crippen molar-refractivity contribution in [1.82, 2.24) is 10.2 Å². The highest BCUT2D eigenvalue weighted by Gasteiger charge is 2.35. The zero-order chi connectivity index (χ0) is 19.3. The zero-order valence-corrected chi connectivity index (χ0v) is 17.4. The summed E-state index contributed by atoms with van der Waals surface area (Å²) in [6, 6.07) is 9.90. The number of carbonyl (C=O) groups excluding carboxylic acids is 1. The Kier molecular flexibility index (Phi) is 6.56. The van der Waals surface area contributed by atoms with E-state index in [9.17, 15) is 4.79 Å². The molecule has 0 aromatic heterocycles. The normalized spacial score (nSPS) is 27.8. The number of nitrogens with one attached hydrogen (secondary N) is 1. The molecule has 2 atom stereocenters. The van der Waals surface area contributed by atoms with Gasteiger partial charge in [0, 0.05) is 31.6 Å². The fourth-order valence-corrected chi connectivity index (χ4v) is 5.48. The molecule has 3 saturated heterocycles. The summed E-state index contributed by atoms with van der Waals surface area (Å²) in [6.45, 7) is 4.66. The lowest BCUT2D eigenvalue weighted by atomic mass is 9.88. The molecule has 1 aromatic carbocycles. The second-order valence-corrected chi connectivity index (χ2v) is 9.12. The fourth-order valence-electron chi connectivity index (χ4n) is 5.48. The minimum atomic E-state index is 0.413. The van der Waals surface area contributed by atoms with Crippen molar-refractivity contribution >= 4 is 5.91 Å². The monoisotopic (exact) mass is 384 g/mol. The molecule has 0 spiro atoms. The summed E-state index contributed by atoms with van der Waals surface area (Å²) in [4.78, 5) is 14.9. The Hall–Kier alpha value is -1.55. The van der Waals surface area contributed by atoms with Crippen molar-refractivity contribution < 1.29 is 9.53 Å². The summed E-state index contributed by atoms with van der Waals surface area (Å²) in [5.41, 5.74) is 1.39. The van der Waals surface area contributed by atoms with E-state index in [2.05, 4.69) is 34.5 Å². The third kappa shape index (κ3) is 5.08. The highest BCUT2D eigenvalue weighted by atomic mass is 16.5. The molecule has 154 valence electrons. The van der Waals surface area contributed by atoms with Crippen molar-refractivity contribution in [2.24, 2.45) is 11.8 Å². The number of ether oxygens (including phenoxy) is 1. The van der Waals surface area contributed by atoms with Gasteiger partial charge in [0.1, 0.15) is 5.75 Å². The molecule has 28 heavy (non-hydrogen) atoms. The Morgan fingerprint density at radius 2 is 1.71 bits per heavy atom. The number of nitrogens with zero attached hydrogens (tertiary/aromatic N) is 1. The Balaban J connectivity index is 1.16. The van der Waals surface area contributed by atoms with Crippen molar-refractivity contribution in [3.05, 3.63) is 29.8 Å². The summed E-state index contributed by atoms with van der Waals surface area (Å²) in [7, 11) is 0. The Labute approximate surface area is 170 Å². The molecule has 1 amide bonds. The number of fused-ring (bicyclic) bond motifs is 2. The van der Waals surface area contributed by atoms with Crippen LogP contribution in [0.5, 0.6) is 5.75 Å². The highest BCUT2D eigenvalue weighted by molar-refractivity contribution is 5.76. The van der Waals surface area contributed by atoms with Crippen LogP contribution in [-0.2, 0) is 11.2 Å². The van der Waals surface area contributed by atoms with E-state index in [1.165, 1.54) is 50.5 Å². The van der Waals surface area contributed by atoms with Crippen molar-refractivity contribution in [3.8, 4) is 5.75 Å². The van der Waals surface area contributed by atoms with Gasteiger partial charge < -0.3 is 15.0 Å². The second kappa shape index (κ2) is 9.30. The van der Waals surface area contributed by atoms with E-state index in [0.717, 1.165) is 44.2 Å². The van der Waals surface area contributed by atoms with E-state index in [1.54, 1.807) is 0 Å². The van der Waals surface area contributed by atoms with Crippen LogP contribution in [-0.4, -0.2) is 42.6 Å².